The van der Waals surface area contributed by atoms with Crippen molar-refractivity contribution in [3.8, 4) is 0 Å². The van der Waals surface area contributed by atoms with Crippen LogP contribution in [0.3, 0.4) is 0 Å². The van der Waals surface area contributed by atoms with E-state index in [4.69, 9.17) is 5.11 Å². The van der Waals surface area contributed by atoms with E-state index in [9.17, 15) is 4.79 Å². The second kappa shape index (κ2) is 4.18. The molecule has 0 saturated carbocycles. The maximum atomic E-state index is 10.6. The lowest BCUT2D eigenvalue weighted by Crippen LogP contribution is -2.26. The fraction of sp³-hybridized carbons (Fsp3) is 0.222. The number of carbonyl (C=O) groups is 1. The van der Waals surface area contributed by atoms with Crippen LogP contribution in [0.2, 0.25) is 0 Å². The highest BCUT2D eigenvalue weighted by Crippen LogP contribution is 2.22. The predicted octanol–water partition coefficient (Wildman–Crippen LogP) is 2.22. The van der Waals surface area contributed by atoms with E-state index < -0.39 is 11.5 Å². The molecule has 1 unspecified atom stereocenters. The van der Waals surface area contributed by atoms with Crippen molar-refractivity contribution in [1.29, 1.82) is 0 Å². The van der Waals surface area contributed by atoms with E-state index >= 15 is 0 Å². The Morgan fingerprint density at radius 2 is 2.00 bits per heavy atom. The first-order valence-corrected chi connectivity index (χ1v) is 4.33. The maximum absolute atomic E-state index is 10.6. The first-order chi connectivity index (χ1) is 6.13. The van der Waals surface area contributed by atoms with Crippen LogP contribution in [0.25, 0.3) is 0 Å². The summed E-state index contributed by atoms with van der Waals surface area (Å²) in [5, 5.41) is 8.29. The fourth-order valence-corrected chi connectivity index (χ4v) is 1.22. The van der Waals surface area contributed by atoms with Gasteiger partial charge in [0.05, 0.1) is 0 Å². The van der Waals surface area contributed by atoms with Crippen LogP contribution in [-0.2, 0) is 0 Å². The average molecular weight is 197 g/mol. The molecule has 3 nitrogen and oxygen atoms in total. The van der Waals surface area contributed by atoms with Gasteiger partial charge in [0.25, 0.3) is 0 Å². The molecule has 13 heavy (non-hydrogen) atoms. The minimum Gasteiger partial charge on any atom is -0.465 e. The molecular weight excluding hydrogens is 186 g/mol. The zero-order chi connectivity index (χ0) is 9.84. The molecule has 0 aliphatic heterocycles. The van der Waals surface area contributed by atoms with Gasteiger partial charge in [-0.25, -0.2) is 4.79 Å². The van der Waals surface area contributed by atoms with Crippen molar-refractivity contribution in [1.82, 2.24) is 4.90 Å². The third-order valence-corrected chi connectivity index (χ3v) is 2.41. The van der Waals surface area contributed by atoms with Crippen LogP contribution in [0.1, 0.15) is 10.9 Å². The zero-order valence-electron chi connectivity index (χ0n) is 7.21. The smallest absolute Gasteiger partial charge is 0.408 e. The van der Waals surface area contributed by atoms with Gasteiger partial charge in [-0.3, -0.25) is 4.90 Å². The number of hydrogen-bond acceptors (Lipinski definition) is 2. The van der Waals surface area contributed by atoms with Crippen LogP contribution in [0.15, 0.2) is 30.3 Å². The molecule has 1 atom stereocenters. The van der Waals surface area contributed by atoms with Gasteiger partial charge in [-0.1, -0.05) is 30.3 Å². The molecule has 1 aromatic carbocycles. The standard InChI is InChI=1S/C9H11NO2S/c1-10(9(11)12)8(13)7-5-3-2-4-6-7/h2-6,8,13H,1H3,(H,11,12). The molecule has 0 aromatic heterocycles. The summed E-state index contributed by atoms with van der Waals surface area (Å²) >= 11 is 4.20. The number of nitrogens with zero attached hydrogens (tertiary/aromatic N) is 1. The van der Waals surface area contributed by atoms with Crippen molar-refractivity contribution < 1.29 is 9.90 Å². The Kier molecular flexibility index (Phi) is 3.19. The summed E-state index contributed by atoms with van der Waals surface area (Å²) in [6, 6.07) is 9.28. The second-order valence-corrected chi connectivity index (χ2v) is 3.17. The minimum absolute atomic E-state index is 0.404. The highest BCUT2D eigenvalue weighted by molar-refractivity contribution is 7.80. The summed E-state index contributed by atoms with van der Waals surface area (Å²) < 4.78 is 0. The normalized spacial score (nSPS) is 12.2. The Bertz CT molecular complexity index is 289. The van der Waals surface area contributed by atoms with Crippen molar-refractivity contribution in [2.45, 2.75) is 5.37 Å². The Balaban J connectivity index is 2.79. The second-order valence-electron chi connectivity index (χ2n) is 2.68. The molecule has 70 valence electrons. The molecule has 4 heteroatoms. The highest BCUT2D eigenvalue weighted by atomic mass is 32.1. The summed E-state index contributed by atoms with van der Waals surface area (Å²) in [5.74, 6) is 0. The number of amides is 1. The van der Waals surface area contributed by atoms with Crippen molar-refractivity contribution in [2.75, 3.05) is 7.05 Å². The van der Waals surface area contributed by atoms with Gasteiger partial charge >= 0.3 is 6.09 Å². The summed E-state index contributed by atoms with van der Waals surface area (Å²) in [6.07, 6.45) is -0.983. The lowest BCUT2D eigenvalue weighted by Gasteiger charge is -2.20. The van der Waals surface area contributed by atoms with E-state index in [2.05, 4.69) is 12.6 Å². The van der Waals surface area contributed by atoms with Gasteiger partial charge in [-0.2, -0.15) is 0 Å². The van der Waals surface area contributed by atoms with Gasteiger partial charge in [0.1, 0.15) is 5.37 Å². The first-order valence-electron chi connectivity index (χ1n) is 3.81. The Morgan fingerprint density at radius 1 is 1.46 bits per heavy atom. The number of carboxylic acid groups (broad SMARTS) is 1. The van der Waals surface area contributed by atoms with Gasteiger partial charge in [0, 0.05) is 7.05 Å². The maximum Gasteiger partial charge on any atom is 0.408 e. The molecule has 0 bridgehead atoms. The summed E-state index contributed by atoms with van der Waals surface area (Å²) in [4.78, 5) is 11.7. The molecule has 0 heterocycles. The van der Waals surface area contributed by atoms with Crippen molar-refractivity contribution >= 4 is 18.7 Å². The first kappa shape index (κ1) is 9.92. The molecule has 0 aliphatic carbocycles. The molecule has 1 rings (SSSR count). The topological polar surface area (TPSA) is 40.5 Å². The molecule has 1 N–H and O–H groups in total. The Hall–Kier alpha value is -1.16. The van der Waals surface area contributed by atoms with Crippen LogP contribution in [0, 0.1) is 0 Å². The minimum atomic E-state index is -0.983. The van der Waals surface area contributed by atoms with Crippen LogP contribution >= 0.6 is 12.6 Å². The summed E-state index contributed by atoms with van der Waals surface area (Å²) in [7, 11) is 1.49. The molecule has 1 amide bonds. The molecule has 0 fully saturated rings. The number of rotatable bonds is 2. The van der Waals surface area contributed by atoms with E-state index in [0.717, 1.165) is 10.5 Å². The van der Waals surface area contributed by atoms with E-state index in [1.54, 1.807) is 0 Å². The fourth-order valence-electron chi connectivity index (χ4n) is 0.953. The third-order valence-electron chi connectivity index (χ3n) is 1.77. The predicted molar refractivity (Wildman–Crippen MR) is 54.0 cm³/mol. The molecular formula is C9H11NO2S. The largest absolute Gasteiger partial charge is 0.465 e. The number of benzene rings is 1. The van der Waals surface area contributed by atoms with E-state index in [-0.39, 0.29) is 0 Å². The molecule has 0 radical (unpaired) electrons. The van der Waals surface area contributed by atoms with Gasteiger partial charge in [-0.05, 0) is 5.56 Å². The van der Waals surface area contributed by atoms with E-state index in [0.29, 0.717) is 0 Å². The van der Waals surface area contributed by atoms with Gasteiger partial charge in [0.15, 0.2) is 0 Å². The molecule has 0 saturated heterocycles. The SMILES string of the molecule is CN(C(=O)O)C(S)c1ccccc1. The monoisotopic (exact) mass is 197 g/mol. The van der Waals surface area contributed by atoms with Crippen LogP contribution in [-0.4, -0.2) is 23.1 Å². The molecule has 1 aromatic rings. The van der Waals surface area contributed by atoms with E-state index in [1.165, 1.54) is 7.05 Å². The van der Waals surface area contributed by atoms with Crippen LogP contribution < -0.4 is 0 Å². The number of hydrogen-bond donors (Lipinski definition) is 2. The highest BCUT2D eigenvalue weighted by Gasteiger charge is 2.15. The van der Waals surface area contributed by atoms with Gasteiger partial charge in [0.2, 0.25) is 0 Å². The molecule has 0 spiro atoms. The lowest BCUT2D eigenvalue weighted by molar-refractivity contribution is 0.152. The number of thiol groups is 1. The Morgan fingerprint density at radius 3 is 2.46 bits per heavy atom. The Labute approximate surface area is 82.4 Å². The third kappa shape index (κ3) is 2.39. The average Bonchev–Trinajstić information content (AvgIpc) is 2.17. The van der Waals surface area contributed by atoms with Crippen LogP contribution in [0.5, 0.6) is 0 Å². The molecule has 0 aliphatic rings. The van der Waals surface area contributed by atoms with E-state index in [1.807, 2.05) is 30.3 Å². The van der Waals surface area contributed by atoms with Crippen molar-refractivity contribution in [3.05, 3.63) is 35.9 Å². The quantitative estimate of drug-likeness (QED) is 0.563. The zero-order valence-corrected chi connectivity index (χ0v) is 8.11. The van der Waals surface area contributed by atoms with Crippen molar-refractivity contribution in [2.24, 2.45) is 0 Å². The lowest BCUT2D eigenvalue weighted by atomic mass is 10.2. The van der Waals surface area contributed by atoms with Crippen molar-refractivity contribution in [3.63, 3.8) is 0 Å². The van der Waals surface area contributed by atoms with Gasteiger partial charge < -0.3 is 5.11 Å². The summed E-state index contributed by atoms with van der Waals surface area (Å²) in [6.45, 7) is 0. The van der Waals surface area contributed by atoms with Gasteiger partial charge in [-0.15, -0.1) is 12.6 Å². The van der Waals surface area contributed by atoms with Crippen LogP contribution in [0.4, 0.5) is 4.79 Å². The summed E-state index contributed by atoms with van der Waals surface area (Å²) in [5.41, 5.74) is 0.871.